The summed E-state index contributed by atoms with van der Waals surface area (Å²) < 4.78 is 5.89. The largest absolute Gasteiger partial charge is 0.508 e. The fourth-order valence-electron chi connectivity index (χ4n) is 5.22. The second-order valence-corrected chi connectivity index (χ2v) is 8.52. The first-order chi connectivity index (χ1) is 12.5. The number of benzene rings is 1. The second kappa shape index (κ2) is 6.76. The Labute approximate surface area is 156 Å². The molecule has 26 heavy (non-hydrogen) atoms. The van der Waals surface area contributed by atoms with Crippen molar-refractivity contribution in [3.63, 3.8) is 0 Å². The lowest BCUT2D eigenvalue weighted by atomic mass is 9.57. The molecule has 1 saturated carbocycles. The first kappa shape index (κ1) is 17.7. The van der Waals surface area contributed by atoms with Crippen LogP contribution in [0.5, 0.6) is 5.75 Å². The van der Waals surface area contributed by atoms with Crippen LogP contribution in [0.3, 0.4) is 0 Å². The Kier molecular flexibility index (Phi) is 4.59. The van der Waals surface area contributed by atoms with Crippen LogP contribution in [-0.2, 0) is 24.1 Å². The van der Waals surface area contributed by atoms with Crippen molar-refractivity contribution in [3.05, 3.63) is 28.8 Å². The number of aliphatic imine (C=N–C) groups is 1. The van der Waals surface area contributed by atoms with E-state index in [0.717, 1.165) is 37.4 Å². The Hall–Kier alpha value is -1.75. The smallest absolute Gasteiger partial charge is 0.191 e. The maximum atomic E-state index is 10.4. The van der Waals surface area contributed by atoms with Crippen LogP contribution in [-0.4, -0.2) is 36.9 Å². The van der Waals surface area contributed by atoms with E-state index in [0.29, 0.717) is 30.4 Å². The maximum absolute atomic E-state index is 10.4. The van der Waals surface area contributed by atoms with Crippen LogP contribution in [0.4, 0.5) is 0 Å². The monoisotopic (exact) mass is 357 g/mol. The van der Waals surface area contributed by atoms with Crippen LogP contribution in [0.2, 0.25) is 0 Å². The number of nitrogens with zero attached hydrogens (tertiary/aromatic N) is 1. The zero-order valence-electron chi connectivity index (χ0n) is 16.1. The van der Waals surface area contributed by atoms with E-state index in [4.69, 9.17) is 4.74 Å². The lowest BCUT2D eigenvalue weighted by Gasteiger charge is -2.54. The van der Waals surface area contributed by atoms with Crippen molar-refractivity contribution < 1.29 is 9.84 Å². The molecule has 0 radical (unpaired) electrons. The molecule has 4 rings (SSSR count). The van der Waals surface area contributed by atoms with E-state index < -0.39 is 0 Å². The van der Waals surface area contributed by atoms with Gasteiger partial charge >= 0.3 is 0 Å². The highest BCUT2D eigenvalue weighted by molar-refractivity contribution is 5.80. The number of phenols is 1. The molecule has 3 unspecified atom stereocenters. The van der Waals surface area contributed by atoms with Gasteiger partial charge in [0.05, 0.1) is 6.10 Å². The summed E-state index contributed by atoms with van der Waals surface area (Å²) in [4.78, 5) is 4.42. The number of fused-ring (bicyclic) bond motifs is 2. The summed E-state index contributed by atoms with van der Waals surface area (Å²) >= 11 is 0. The van der Waals surface area contributed by atoms with Gasteiger partial charge in [0.15, 0.2) is 5.96 Å². The van der Waals surface area contributed by atoms with Gasteiger partial charge in [-0.05, 0) is 49.3 Å². The minimum atomic E-state index is 0.118. The number of rotatable bonds is 3. The molecular formula is C21H31N3O2. The maximum Gasteiger partial charge on any atom is 0.191 e. The molecule has 0 amide bonds. The van der Waals surface area contributed by atoms with Crippen molar-refractivity contribution in [2.24, 2.45) is 16.3 Å². The van der Waals surface area contributed by atoms with Crippen molar-refractivity contribution in [1.82, 2.24) is 10.6 Å². The molecule has 3 aliphatic rings. The molecule has 1 aromatic rings. The molecule has 2 fully saturated rings. The molecule has 2 aliphatic carbocycles. The summed E-state index contributed by atoms with van der Waals surface area (Å²) in [6, 6.07) is 4.30. The summed E-state index contributed by atoms with van der Waals surface area (Å²) in [5.41, 5.74) is 3.86. The lowest BCUT2D eigenvalue weighted by Crippen LogP contribution is -2.67. The quantitative estimate of drug-likeness (QED) is 0.575. The summed E-state index contributed by atoms with van der Waals surface area (Å²) in [5, 5.41) is 17.4. The predicted octanol–water partition coefficient (Wildman–Crippen LogP) is 2.75. The van der Waals surface area contributed by atoms with Gasteiger partial charge in [-0.15, -0.1) is 0 Å². The van der Waals surface area contributed by atoms with E-state index in [1.807, 2.05) is 13.1 Å². The number of nitrogens with one attached hydrogen (secondary N) is 2. The number of aryl methyl sites for hydroxylation is 1. The van der Waals surface area contributed by atoms with Crippen molar-refractivity contribution in [2.45, 2.75) is 64.6 Å². The van der Waals surface area contributed by atoms with Crippen LogP contribution in [0.1, 0.15) is 49.8 Å². The number of hydrogen-bond donors (Lipinski definition) is 3. The average Bonchev–Trinajstić information content (AvgIpc) is 3.10. The number of hydrogen-bond acceptors (Lipinski definition) is 3. The molecule has 0 aromatic heterocycles. The molecule has 5 heteroatoms. The summed E-state index contributed by atoms with van der Waals surface area (Å²) in [6.07, 6.45) is 6.11. The number of phenolic OH excluding ortho intramolecular Hbond substituents is 1. The molecule has 5 nitrogen and oxygen atoms in total. The Bertz CT molecular complexity index is 713. The normalized spacial score (nSPS) is 29.5. The SMILES string of the molecule is CN=C(NCc1c(O)ccc2c1CCCC2)NC1C2CCOC2C1(C)C. The van der Waals surface area contributed by atoms with Gasteiger partial charge in [-0.1, -0.05) is 19.9 Å². The molecule has 1 saturated heterocycles. The number of guanidine groups is 1. The van der Waals surface area contributed by atoms with Crippen molar-refractivity contribution in [3.8, 4) is 5.75 Å². The Balaban J connectivity index is 1.44. The third-order valence-corrected chi connectivity index (χ3v) is 6.68. The van der Waals surface area contributed by atoms with Gasteiger partial charge in [-0.25, -0.2) is 0 Å². The topological polar surface area (TPSA) is 65.9 Å². The van der Waals surface area contributed by atoms with Gasteiger partial charge in [0.1, 0.15) is 5.75 Å². The first-order valence-electron chi connectivity index (χ1n) is 9.93. The van der Waals surface area contributed by atoms with Gasteiger partial charge in [-0.2, -0.15) is 0 Å². The highest BCUT2D eigenvalue weighted by Gasteiger charge is 2.59. The highest BCUT2D eigenvalue weighted by Crippen LogP contribution is 2.52. The van der Waals surface area contributed by atoms with Crippen LogP contribution in [0, 0.1) is 11.3 Å². The lowest BCUT2D eigenvalue weighted by molar-refractivity contribution is -0.106. The summed E-state index contributed by atoms with van der Waals surface area (Å²) in [5.74, 6) is 1.77. The molecule has 3 N–H and O–H groups in total. The van der Waals surface area contributed by atoms with E-state index in [1.54, 1.807) is 0 Å². The van der Waals surface area contributed by atoms with Gasteiger partial charge in [0.25, 0.3) is 0 Å². The summed E-state index contributed by atoms with van der Waals surface area (Å²) in [7, 11) is 1.81. The zero-order chi connectivity index (χ0) is 18.3. The van der Waals surface area contributed by atoms with Gasteiger partial charge in [0, 0.05) is 43.1 Å². The molecule has 3 atom stereocenters. The van der Waals surface area contributed by atoms with E-state index >= 15 is 0 Å². The Morgan fingerprint density at radius 2 is 2.12 bits per heavy atom. The summed E-state index contributed by atoms with van der Waals surface area (Å²) in [6.45, 7) is 6.01. The fraction of sp³-hybridized carbons (Fsp3) is 0.667. The van der Waals surface area contributed by atoms with Crippen molar-refractivity contribution in [2.75, 3.05) is 13.7 Å². The minimum absolute atomic E-state index is 0.118. The van der Waals surface area contributed by atoms with Crippen molar-refractivity contribution >= 4 is 5.96 Å². The highest BCUT2D eigenvalue weighted by atomic mass is 16.5. The van der Waals surface area contributed by atoms with Gasteiger partial charge in [0.2, 0.25) is 0 Å². The van der Waals surface area contributed by atoms with E-state index in [2.05, 4.69) is 35.5 Å². The van der Waals surface area contributed by atoms with Crippen LogP contribution in [0.15, 0.2) is 17.1 Å². The van der Waals surface area contributed by atoms with E-state index in [-0.39, 0.29) is 5.41 Å². The molecule has 0 spiro atoms. The third-order valence-electron chi connectivity index (χ3n) is 6.68. The molecular weight excluding hydrogens is 326 g/mol. The Morgan fingerprint density at radius 3 is 2.92 bits per heavy atom. The van der Waals surface area contributed by atoms with Crippen LogP contribution < -0.4 is 10.6 Å². The molecule has 142 valence electrons. The molecule has 1 aliphatic heterocycles. The fourth-order valence-corrected chi connectivity index (χ4v) is 5.22. The minimum Gasteiger partial charge on any atom is -0.508 e. The van der Waals surface area contributed by atoms with E-state index in [1.165, 1.54) is 24.0 Å². The standard InChI is InChI=1S/C21H31N3O2/c1-21(2)18(15-10-11-26-19(15)21)24-20(22-3)23-12-16-14-7-5-4-6-13(14)8-9-17(16)25/h8-9,15,18-19,25H,4-7,10-12H2,1-3H3,(H2,22,23,24). The molecule has 1 aromatic carbocycles. The molecule has 1 heterocycles. The Morgan fingerprint density at radius 1 is 1.31 bits per heavy atom. The predicted molar refractivity (Wildman–Crippen MR) is 103 cm³/mol. The van der Waals surface area contributed by atoms with Crippen LogP contribution >= 0.6 is 0 Å². The molecule has 0 bridgehead atoms. The third kappa shape index (κ3) is 2.86. The second-order valence-electron chi connectivity index (χ2n) is 8.52. The zero-order valence-corrected chi connectivity index (χ0v) is 16.1. The van der Waals surface area contributed by atoms with Crippen molar-refractivity contribution in [1.29, 1.82) is 0 Å². The average molecular weight is 357 g/mol. The number of ether oxygens (including phenoxy) is 1. The first-order valence-corrected chi connectivity index (χ1v) is 9.93. The van der Waals surface area contributed by atoms with Gasteiger partial charge < -0.3 is 20.5 Å². The van der Waals surface area contributed by atoms with E-state index in [9.17, 15) is 5.11 Å². The number of aromatic hydroxyl groups is 1. The van der Waals surface area contributed by atoms with Crippen LogP contribution in [0.25, 0.3) is 0 Å². The van der Waals surface area contributed by atoms with Gasteiger partial charge in [-0.3, -0.25) is 4.99 Å².